The molecule has 1 atom stereocenters. The van der Waals surface area contributed by atoms with Crippen molar-refractivity contribution in [2.24, 2.45) is 5.41 Å². The van der Waals surface area contributed by atoms with Gasteiger partial charge in [0.15, 0.2) is 0 Å². The van der Waals surface area contributed by atoms with Crippen molar-refractivity contribution >= 4 is 5.91 Å². The Hall–Kier alpha value is -1.56. The molecule has 2 rings (SSSR count). The van der Waals surface area contributed by atoms with Gasteiger partial charge in [-0.3, -0.25) is 4.79 Å². The maximum atomic E-state index is 12.4. The van der Waals surface area contributed by atoms with E-state index in [-0.39, 0.29) is 12.5 Å². The lowest BCUT2D eigenvalue weighted by atomic mass is 9.89. The topological polar surface area (TPSA) is 41.1 Å². The van der Waals surface area contributed by atoms with Gasteiger partial charge in [-0.05, 0) is 37.6 Å². The minimum absolute atomic E-state index is 0.0672. The molecule has 1 aromatic rings. The van der Waals surface area contributed by atoms with Gasteiger partial charge in [0.25, 0.3) is 0 Å². The van der Waals surface area contributed by atoms with Gasteiger partial charge >= 0.3 is 6.18 Å². The van der Waals surface area contributed by atoms with Crippen molar-refractivity contribution in [2.75, 3.05) is 13.1 Å². The predicted octanol–water partition coefficient (Wildman–Crippen LogP) is 2.32. The van der Waals surface area contributed by atoms with E-state index in [0.717, 1.165) is 25.1 Å². The summed E-state index contributed by atoms with van der Waals surface area (Å²) in [6.45, 7) is 3.57. The van der Waals surface area contributed by atoms with E-state index in [1.165, 1.54) is 12.1 Å². The summed E-state index contributed by atoms with van der Waals surface area (Å²) in [5.41, 5.74) is -0.452. The maximum Gasteiger partial charge on any atom is 0.416 e. The summed E-state index contributed by atoms with van der Waals surface area (Å²) in [6, 6.07) is 4.83. The Bertz CT molecular complexity index is 476. The van der Waals surface area contributed by atoms with Crippen LogP contribution in [0.4, 0.5) is 13.2 Å². The SMILES string of the molecule is CC1(C(=O)NCc2ccc(C(F)(F)F)cc2)CCNC1. The lowest BCUT2D eigenvalue weighted by molar-refractivity contribution is -0.137. The average molecular weight is 286 g/mol. The molecule has 0 saturated carbocycles. The molecule has 1 aliphatic rings. The van der Waals surface area contributed by atoms with E-state index in [1.54, 1.807) is 0 Å². The number of halogens is 3. The van der Waals surface area contributed by atoms with Crippen LogP contribution in [0.1, 0.15) is 24.5 Å². The van der Waals surface area contributed by atoms with Crippen LogP contribution in [-0.2, 0) is 17.5 Å². The van der Waals surface area contributed by atoms with Gasteiger partial charge < -0.3 is 10.6 Å². The van der Waals surface area contributed by atoms with E-state index >= 15 is 0 Å². The van der Waals surface area contributed by atoms with Gasteiger partial charge in [0, 0.05) is 13.1 Å². The Balaban J connectivity index is 1.93. The van der Waals surface area contributed by atoms with Gasteiger partial charge in [-0.1, -0.05) is 12.1 Å². The number of nitrogens with one attached hydrogen (secondary N) is 2. The van der Waals surface area contributed by atoms with E-state index in [4.69, 9.17) is 0 Å². The summed E-state index contributed by atoms with van der Waals surface area (Å²) in [4.78, 5) is 12.0. The molecule has 110 valence electrons. The monoisotopic (exact) mass is 286 g/mol. The fourth-order valence-electron chi connectivity index (χ4n) is 2.22. The summed E-state index contributed by atoms with van der Waals surface area (Å²) < 4.78 is 37.2. The molecule has 3 nitrogen and oxygen atoms in total. The summed E-state index contributed by atoms with van der Waals surface area (Å²) in [5, 5.41) is 5.91. The van der Waals surface area contributed by atoms with E-state index in [0.29, 0.717) is 12.1 Å². The van der Waals surface area contributed by atoms with Gasteiger partial charge in [-0.25, -0.2) is 0 Å². The van der Waals surface area contributed by atoms with Crippen LogP contribution >= 0.6 is 0 Å². The van der Waals surface area contributed by atoms with Gasteiger partial charge in [-0.15, -0.1) is 0 Å². The van der Waals surface area contributed by atoms with E-state index in [2.05, 4.69) is 10.6 Å². The van der Waals surface area contributed by atoms with Crippen LogP contribution in [0.5, 0.6) is 0 Å². The molecule has 0 aromatic heterocycles. The van der Waals surface area contributed by atoms with Gasteiger partial charge in [0.1, 0.15) is 0 Å². The number of rotatable bonds is 3. The Labute approximate surface area is 115 Å². The Kier molecular flexibility index (Phi) is 4.04. The number of benzene rings is 1. The van der Waals surface area contributed by atoms with Crippen LogP contribution in [0.15, 0.2) is 24.3 Å². The summed E-state index contributed by atoms with van der Waals surface area (Å²) >= 11 is 0. The Morgan fingerprint density at radius 1 is 1.35 bits per heavy atom. The highest BCUT2D eigenvalue weighted by atomic mass is 19.4. The third kappa shape index (κ3) is 3.30. The highest BCUT2D eigenvalue weighted by molar-refractivity contribution is 5.82. The molecule has 1 aliphatic heterocycles. The van der Waals surface area contributed by atoms with Crippen LogP contribution < -0.4 is 10.6 Å². The number of carbonyl (C=O) groups is 1. The molecule has 0 bridgehead atoms. The summed E-state index contributed by atoms with van der Waals surface area (Å²) in [5.74, 6) is -0.0672. The van der Waals surface area contributed by atoms with Crippen molar-refractivity contribution in [1.29, 1.82) is 0 Å². The number of carbonyl (C=O) groups excluding carboxylic acids is 1. The number of hydrogen-bond acceptors (Lipinski definition) is 2. The number of hydrogen-bond donors (Lipinski definition) is 2. The first-order chi connectivity index (χ1) is 9.31. The third-order valence-corrected chi connectivity index (χ3v) is 3.65. The third-order valence-electron chi connectivity index (χ3n) is 3.65. The average Bonchev–Trinajstić information content (AvgIpc) is 2.84. The summed E-state index contributed by atoms with van der Waals surface area (Å²) in [6.07, 6.45) is -3.56. The Morgan fingerprint density at radius 2 is 2.00 bits per heavy atom. The quantitative estimate of drug-likeness (QED) is 0.895. The van der Waals surface area contributed by atoms with Crippen molar-refractivity contribution < 1.29 is 18.0 Å². The van der Waals surface area contributed by atoms with Crippen molar-refractivity contribution in [3.8, 4) is 0 Å². The van der Waals surface area contributed by atoms with Crippen molar-refractivity contribution in [3.63, 3.8) is 0 Å². The molecule has 20 heavy (non-hydrogen) atoms. The predicted molar refractivity (Wildman–Crippen MR) is 68.9 cm³/mol. The van der Waals surface area contributed by atoms with Crippen LogP contribution in [0.25, 0.3) is 0 Å². The van der Waals surface area contributed by atoms with E-state index in [9.17, 15) is 18.0 Å². The molecule has 2 N–H and O–H groups in total. The molecule has 0 radical (unpaired) electrons. The minimum atomic E-state index is -4.33. The fourth-order valence-corrected chi connectivity index (χ4v) is 2.22. The molecular weight excluding hydrogens is 269 g/mol. The maximum absolute atomic E-state index is 12.4. The van der Waals surface area contributed by atoms with Crippen LogP contribution in [0.3, 0.4) is 0 Å². The first kappa shape index (κ1) is 14.8. The largest absolute Gasteiger partial charge is 0.416 e. The molecule has 1 amide bonds. The summed E-state index contributed by atoms with van der Waals surface area (Å²) in [7, 11) is 0. The van der Waals surface area contributed by atoms with E-state index in [1.807, 2.05) is 6.92 Å². The second kappa shape index (κ2) is 5.44. The highest BCUT2D eigenvalue weighted by Gasteiger charge is 2.36. The zero-order valence-corrected chi connectivity index (χ0v) is 11.2. The smallest absolute Gasteiger partial charge is 0.352 e. The fraction of sp³-hybridized carbons (Fsp3) is 0.500. The van der Waals surface area contributed by atoms with Crippen LogP contribution in [0, 0.1) is 5.41 Å². The van der Waals surface area contributed by atoms with Crippen molar-refractivity contribution in [1.82, 2.24) is 10.6 Å². The van der Waals surface area contributed by atoms with Crippen molar-refractivity contribution in [2.45, 2.75) is 26.1 Å². The molecule has 6 heteroatoms. The number of amides is 1. The standard InChI is InChI=1S/C14H17F3N2O/c1-13(6-7-18-9-13)12(20)19-8-10-2-4-11(5-3-10)14(15,16)17/h2-5,18H,6-9H2,1H3,(H,19,20). The van der Waals surface area contributed by atoms with Gasteiger partial charge in [0.2, 0.25) is 5.91 Å². The van der Waals surface area contributed by atoms with E-state index < -0.39 is 17.2 Å². The lowest BCUT2D eigenvalue weighted by Crippen LogP contribution is -2.40. The molecule has 1 aromatic carbocycles. The molecule has 1 unspecified atom stereocenters. The normalized spacial score (nSPS) is 22.8. The first-order valence-electron chi connectivity index (χ1n) is 6.46. The number of alkyl halides is 3. The van der Waals surface area contributed by atoms with Gasteiger partial charge in [-0.2, -0.15) is 13.2 Å². The molecule has 1 heterocycles. The second-order valence-corrected chi connectivity index (χ2v) is 5.36. The molecule has 0 spiro atoms. The van der Waals surface area contributed by atoms with Crippen molar-refractivity contribution in [3.05, 3.63) is 35.4 Å². The molecule has 1 saturated heterocycles. The van der Waals surface area contributed by atoms with Crippen LogP contribution in [-0.4, -0.2) is 19.0 Å². The highest BCUT2D eigenvalue weighted by Crippen LogP contribution is 2.29. The molecular formula is C14H17F3N2O. The lowest BCUT2D eigenvalue weighted by Gasteiger charge is -2.21. The molecule has 0 aliphatic carbocycles. The Morgan fingerprint density at radius 3 is 2.50 bits per heavy atom. The first-order valence-corrected chi connectivity index (χ1v) is 6.46. The second-order valence-electron chi connectivity index (χ2n) is 5.36. The van der Waals surface area contributed by atoms with Gasteiger partial charge in [0.05, 0.1) is 11.0 Å². The van der Waals surface area contributed by atoms with Crippen LogP contribution in [0.2, 0.25) is 0 Å². The molecule has 1 fully saturated rings. The zero-order chi connectivity index (χ0) is 14.8. The zero-order valence-electron chi connectivity index (χ0n) is 11.2. The minimum Gasteiger partial charge on any atom is -0.352 e.